The van der Waals surface area contributed by atoms with Crippen LogP contribution in [-0.4, -0.2) is 15.2 Å². The number of pyridine rings is 1. The van der Waals surface area contributed by atoms with Gasteiger partial charge in [0.2, 0.25) is 0 Å². The molecule has 2 rings (SSSR count). The van der Waals surface area contributed by atoms with Gasteiger partial charge in [0.15, 0.2) is 11.3 Å². The lowest BCUT2D eigenvalue weighted by molar-refractivity contribution is -0.141. The number of hydrogen-bond donors (Lipinski definition) is 2. The second-order valence-corrected chi connectivity index (χ2v) is 3.68. The van der Waals surface area contributed by atoms with E-state index in [1.54, 1.807) is 0 Å². The number of aromatic nitrogens is 3. The Morgan fingerprint density at radius 2 is 2.07 bits per heavy atom. The first-order valence-electron chi connectivity index (χ1n) is 3.77. The van der Waals surface area contributed by atoms with Crippen LogP contribution in [0.1, 0.15) is 5.69 Å². The van der Waals surface area contributed by atoms with Crippen LogP contribution in [-0.2, 0) is 6.18 Å². The van der Waals surface area contributed by atoms with Gasteiger partial charge in [-0.2, -0.15) is 18.3 Å². The predicted octanol–water partition coefficient (Wildman–Crippen LogP) is 2.32. The Balaban J connectivity index is 2.74. The van der Waals surface area contributed by atoms with Crippen LogP contribution in [0, 0.1) is 0 Å². The summed E-state index contributed by atoms with van der Waals surface area (Å²) in [5.41, 5.74) is 4.38. The number of H-pyrrole nitrogens is 1. The summed E-state index contributed by atoms with van der Waals surface area (Å²) in [6.45, 7) is 0. The van der Waals surface area contributed by atoms with E-state index < -0.39 is 11.9 Å². The molecule has 2 aromatic rings. The minimum atomic E-state index is -4.51. The van der Waals surface area contributed by atoms with Crippen LogP contribution in [0.25, 0.3) is 11.0 Å². The minimum Gasteiger partial charge on any atom is -0.384 e. The molecular weight excluding hydrogens is 277 g/mol. The Morgan fingerprint density at radius 3 is 2.67 bits per heavy atom. The quantitative estimate of drug-likeness (QED) is 0.778. The van der Waals surface area contributed by atoms with E-state index in [1.165, 1.54) is 6.07 Å². The summed E-state index contributed by atoms with van der Waals surface area (Å²) in [5, 5.41) is 6.27. The van der Waals surface area contributed by atoms with Gasteiger partial charge in [-0.15, -0.1) is 0 Å². The fourth-order valence-corrected chi connectivity index (χ4v) is 1.68. The van der Waals surface area contributed by atoms with Crippen molar-refractivity contribution >= 4 is 32.8 Å². The number of aromatic amines is 1. The van der Waals surface area contributed by atoms with Crippen LogP contribution in [0.4, 0.5) is 19.0 Å². The molecule has 0 aliphatic carbocycles. The number of nitrogens with zero attached hydrogens (tertiary/aromatic N) is 2. The molecule has 8 heteroatoms. The van der Waals surface area contributed by atoms with Crippen LogP contribution in [0.3, 0.4) is 0 Å². The molecule has 0 aromatic carbocycles. The van der Waals surface area contributed by atoms with E-state index in [2.05, 4.69) is 31.1 Å². The molecular formula is C7H4BrF3N4. The molecule has 0 radical (unpaired) electrons. The average Bonchev–Trinajstić information content (AvgIpc) is 2.45. The molecule has 3 N–H and O–H groups in total. The zero-order valence-corrected chi connectivity index (χ0v) is 8.65. The SMILES string of the molecule is Nc1[nH]nc2nc(C(F)(F)F)c(Br)cc12. The second-order valence-electron chi connectivity index (χ2n) is 2.83. The molecule has 0 atom stereocenters. The summed E-state index contributed by atoms with van der Waals surface area (Å²) >= 11 is 2.79. The normalized spacial score (nSPS) is 12.3. The third kappa shape index (κ3) is 1.65. The minimum absolute atomic E-state index is 0.0528. The van der Waals surface area contributed by atoms with Crippen LogP contribution < -0.4 is 5.73 Å². The van der Waals surface area contributed by atoms with E-state index in [9.17, 15) is 13.2 Å². The van der Waals surface area contributed by atoms with E-state index in [-0.39, 0.29) is 15.9 Å². The van der Waals surface area contributed by atoms with E-state index in [0.29, 0.717) is 5.39 Å². The zero-order chi connectivity index (χ0) is 11.2. The summed E-state index contributed by atoms with van der Waals surface area (Å²) in [6, 6.07) is 1.24. The molecule has 0 bridgehead atoms. The Morgan fingerprint density at radius 1 is 1.40 bits per heavy atom. The van der Waals surface area contributed by atoms with Gasteiger partial charge >= 0.3 is 6.18 Å². The molecule has 4 nitrogen and oxygen atoms in total. The maximum atomic E-state index is 12.4. The molecule has 0 aliphatic rings. The van der Waals surface area contributed by atoms with E-state index in [4.69, 9.17) is 5.73 Å². The molecule has 2 heterocycles. The van der Waals surface area contributed by atoms with Crippen molar-refractivity contribution in [2.75, 3.05) is 5.73 Å². The fourth-order valence-electron chi connectivity index (χ4n) is 1.13. The van der Waals surface area contributed by atoms with Crippen molar-refractivity contribution in [3.8, 4) is 0 Å². The highest BCUT2D eigenvalue weighted by atomic mass is 79.9. The summed E-state index contributed by atoms with van der Waals surface area (Å²) in [5.74, 6) is 0.187. The van der Waals surface area contributed by atoms with Gasteiger partial charge in [-0.1, -0.05) is 0 Å². The van der Waals surface area contributed by atoms with Gasteiger partial charge in [0.1, 0.15) is 5.82 Å². The van der Waals surface area contributed by atoms with Crippen molar-refractivity contribution < 1.29 is 13.2 Å². The van der Waals surface area contributed by atoms with Crippen molar-refractivity contribution in [2.45, 2.75) is 6.18 Å². The molecule has 0 aliphatic heterocycles. The van der Waals surface area contributed by atoms with Crippen molar-refractivity contribution in [1.29, 1.82) is 0 Å². The van der Waals surface area contributed by atoms with Crippen LogP contribution in [0.5, 0.6) is 0 Å². The lowest BCUT2D eigenvalue weighted by Crippen LogP contribution is -2.09. The van der Waals surface area contributed by atoms with Gasteiger partial charge in [-0.3, -0.25) is 5.10 Å². The van der Waals surface area contributed by atoms with Crippen molar-refractivity contribution in [3.63, 3.8) is 0 Å². The van der Waals surface area contributed by atoms with Crippen LogP contribution >= 0.6 is 15.9 Å². The number of fused-ring (bicyclic) bond motifs is 1. The lowest BCUT2D eigenvalue weighted by Gasteiger charge is -2.07. The number of anilines is 1. The number of halogens is 4. The van der Waals surface area contributed by atoms with E-state index >= 15 is 0 Å². The third-order valence-corrected chi connectivity index (χ3v) is 2.40. The van der Waals surface area contributed by atoms with Crippen molar-refractivity contribution in [1.82, 2.24) is 15.2 Å². The van der Waals surface area contributed by atoms with Gasteiger partial charge in [0, 0.05) is 4.47 Å². The number of nitrogen functional groups attached to an aromatic ring is 1. The second kappa shape index (κ2) is 3.09. The molecule has 0 unspecified atom stereocenters. The maximum absolute atomic E-state index is 12.4. The highest BCUT2D eigenvalue weighted by Gasteiger charge is 2.35. The number of nitrogens with two attached hydrogens (primary N) is 1. The molecule has 0 fully saturated rings. The Kier molecular flexibility index (Phi) is 2.10. The van der Waals surface area contributed by atoms with Crippen molar-refractivity contribution in [2.24, 2.45) is 0 Å². The van der Waals surface area contributed by atoms with Crippen molar-refractivity contribution in [3.05, 3.63) is 16.2 Å². The Bertz CT molecular complexity index is 519. The van der Waals surface area contributed by atoms with Gasteiger partial charge in [0.05, 0.1) is 5.39 Å². The lowest BCUT2D eigenvalue weighted by atomic mass is 10.3. The van der Waals surface area contributed by atoms with Gasteiger partial charge in [0.25, 0.3) is 0 Å². The molecule has 0 amide bonds. The predicted molar refractivity (Wildman–Crippen MR) is 51.0 cm³/mol. The molecule has 0 saturated heterocycles. The van der Waals surface area contributed by atoms with E-state index in [0.717, 1.165) is 0 Å². The number of alkyl halides is 3. The van der Waals surface area contributed by atoms with Gasteiger partial charge in [-0.05, 0) is 22.0 Å². The van der Waals surface area contributed by atoms with Gasteiger partial charge < -0.3 is 5.73 Å². The maximum Gasteiger partial charge on any atom is 0.434 e. The molecule has 15 heavy (non-hydrogen) atoms. The largest absolute Gasteiger partial charge is 0.434 e. The number of rotatable bonds is 0. The molecule has 0 saturated carbocycles. The summed E-state index contributed by atoms with van der Waals surface area (Å²) in [7, 11) is 0. The first kappa shape index (κ1) is 10.2. The van der Waals surface area contributed by atoms with E-state index in [1.807, 2.05) is 0 Å². The number of nitrogens with one attached hydrogen (secondary N) is 1. The molecule has 2 aromatic heterocycles. The number of hydrogen-bond acceptors (Lipinski definition) is 3. The van der Waals surface area contributed by atoms with Gasteiger partial charge in [-0.25, -0.2) is 4.98 Å². The fraction of sp³-hybridized carbons (Fsp3) is 0.143. The average molecular weight is 281 g/mol. The first-order chi connectivity index (χ1) is 6.89. The monoisotopic (exact) mass is 280 g/mol. The first-order valence-corrected chi connectivity index (χ1v) is 4.56. The van der Waals surface area contributed by atoms with Crippen LogP contribution in [0.15, 0.2) is 10.5 Å². The third-order valence-electron chi connectivity index (χ3n) is 1.80. The zero-order valence-electron chi connectivity index (χ0n) is 7.06. The highest BCUT2D eigenvalue weighted by molar-refractivity contribution is 9.10. The Labute approximate surface area is 89.8 Å². The summed E-state index contributed by atoms with van der Waals surface area (Å²) in [4.78, 5) is 3.37. The molecule has 80 valence electrons. The highest BCUT2D eigenvalue weighted by Crippen LogP contribution is 2.35. The topological polar surface area (TPSA) is 67.6 Å². The summed E-state index contributed by atoms with van der Waals surface area (Å²) in [6.07, 6.45) is -4.51. The van der Waals surface area contributed by atoms with Crippen LogP contribution in [0.2, 0.25) is 0 Å². The smallest absolute Gasteiger partial charge is 0.384 e. The molecule has 0 spiro atoms. The standard InChI is InChI=1S/C7H4BrF3N4/c8-3-1-2-5(12)14-15-6(2)13-4(3)7(9,10)11/h1H,(H3,12,13,14,15). The summed E-state index contributed by atoms with van der Waals surface area (Å²) < 4.78 is 37.1. The Hall–Kier alpha value is -1.31.